The Kier molecular flexibility index (Phi) is 6.56. The molecule has 0 bridgehead atoms. The SMILES string of the molecule is Cc1c(Cl)ccc2sc(N3CCN(C(=O)Cc4ccc(SC(C)C)cc4)CC3)nc12. The summed E-state index contributed by atoms with van der Waals surface area (Å²) >= 11 is 9.78. The quantitative estimate of drug-likeness (QED) is 0.462. The van der Waals surface area contributed by atoms with Crippen LogP contribution < -0.4 is 4.90 Å². The maximum absolute atomic E-state index is 12.8. The van der Waals surface area contributed by atoms with E-state index < -0.39 is 0 Å². The van der Waals surface area contributed by atoms with Gasteiger partial charge in [0.1, 0.15) is 0 Å². The molecule has 0 atom stereocenters. The molecule has 1 aliphatic heterocycles. The Hall–Kier alpha value is -1.76. The summed E-state index contributed by atoms with van der Waals surface area (Å²) < 4.78 is 1.16. The van der Waals surface area contributed by atoms with Crippen LogP contribution in [-0.4, -0.2) is 47.2 Å². The number of thiazole rings is 1. The third kappa shape index (κ3) is 4.76. The summed E-state index contributed by atoms with van der Waals surface area (Å²) in [6.07, 6.45) is 0.464. The van der Waals surface area contributed by atoms with Crippen molar-refractivity contribution in [2.75, 3.05) is 31.1 Å². The topological polar surface area (TPSA) is 36.4 Å². The summed E-state index contributed by atoms with van der Waals surface area (Å²) in [6.45, 7) is 9.47. The van der Waals surface area contributed by atoms with E-state index >= 15 is 0 Å². The van der Waals surface area contributed by atoms with Crippen molar-refractivity contribution in [1.82, 2.24) is 9.88 Å². The largest absolute Gasteiger partial charge is 0.345 e. The number of aromatic nitrogens is 1. The first-order chi connectivity index (χ1) is 14.4. The predicted molar refractivity (Wildman–Crippen MR) is 129 cm³/mol. The molecule has 2 aromatic carbocycles. The highest BCUT2D eigenvalue weighted by atomic mass is 35.5. The third-order valence-corrected chi connectivity index (χ3v) is 7.80. The van der Waals surface area contributed by atoms with Crippen molar-refractivity contribution in [3.05, 3.63) is 52.5 Å². The zero-order valence-corrected chi connectivity index (χ0v) is 19.9. The number of halogens is 1. The molecular formula is C23H26ClN3OS2. The second-order valence-corrected chi connectivity index (χ2v) is 10.9. The van der Waals surface area contributed by atoms with E-state index in [0.717, 1.165) is 57.7 Å². The van der Waals surface area contributed by atoms with E-state index in [1.165, 1.54) is 4.90 Å². The van der Waals surface area contributed by atoms with E-state index in [1.54, 1.807) is 11.3 Å². The maximum atomic E-state index is 12.8. The molecule has 3 aromatic rings. The second-order valence-electron chi connectivity index (χ2n) is 7.87. The van der Waals surface area contributed by atoms with Gasteiger partial charge in [-0.05, 0) is 42.3 Å². The lowest BCUT2D eigenvalue weighted by Gasteiger charge is -2.34. The number of benzene rings is 2. The molecule has 1 amide bonds. The number of carbonyl (C=O) groups is 1. The smallest absolute Gasteiger partial charge is 0.227 e. The van der Waals surface area contributed by atoms with Crippen LogP contribution in [0.5, 0.6) is 0 Å². The number of thioether (sulfide) groups is 1. The summed E-state index contributed by atoms with van der Waals surface area (Å²) in [5, 5.41) is 2.33. The lowest BCUT2D eigenvalue weighted by atomic mass is 10.1. The fourth-order valence-electron chi connectivity index (χ4n) is 3.62. The Labute approximate surface area is 191 Å². The van der Waals surface area contributed by atoms with Crippen molar-refractivity contribution < 1.29 is 4.79 Å². The summed E-state index contributed by atoms with van der Waals surface area (Å²) in [7, 11) is 0. The van der Waals surface area contributed by atoms with E-state index in [1.807, 2.05) is 35.7 Å². The monoisotopic (exact) mass is 459 g/mol. The average Bonchev–Trinajstić information content (AvgIpc) is 3.17. The molecule has 158 valence electrons. The molecular weight excluding hydrogens is 434 g/mol. The van der Waals surface area contributed by atoms with Gasteiger partial charge in [-0.3, -0.25) is 4.79 Å². The lowest BCUT2D eigenvalue weighted by Crippen LogP contribution is -2.49. The first-order valence-corrected chi connectivity index (χ1v) is 12.3. The Morgan fingerprint density at radius 3 is 2.50 bits per heavy atom. The van der Waals surface area contributed by atoms with Crippen LogP contribution in [0.15, 0.2) is 41.3 Å². The van der Waals surface area contributed by atoms with Gasteiger partial charge in [0, 0.05) is 41.3 Å². The van der Waals surface area contributed by atoms with E-state index in [9.17, 15) is 4.79 Å². The number of anilines is 1. The molecule has 0 aliphatic carbocycles. The molecule has 1 aromatic heterocycles. The second kappa shape index (κ2) is 9.16. The summed E-state index contributed by atoms with van der Waals surface area (Å²) in [5.74, 6) is 0.200. The number of nitrogens with zero attached hydrogens (tertiary/aromatic N) is 3. The molecule has 1 fully saturated rings. The highest BCUT2D eigenvalue weighted by Crippen LogP contribution is 2.33. The van der Waals surface area contributed by atoms with Gasteiger partial charge in [-0.25, -0.2) is 4.98 Å². The number of rotatable bonds is 5. The molecule has 1 saturated heterocycles. The fraction of sp³-hybridized carbons (Fsp3) is 0.391. The highest BCUT2D eigenvalue weighted by molar-refractivity contribution is 7.99. The molecule has 30 heavy (non-hydrogen) atoms. The minimum Gasteiger partial charge on any atom is -0.345 e. The van der Waals surface area contributed by atoms with Crippen LogP contribution >= 0.6 is 34.7 Å². The van der Waals surface area contributed by atoms with Gasteiger partial charge >= 0.3 is 0 Å². The molecule has 4 rings (SSSR count). The van der Waals surface area contributed by atoms with Crippen molar-refractivity contribution in [3.8, 4) is 0 Å². The molecule has 0 saturated carbocycles. The average molecular weight is 460 g/mol. The summed E-state index contributed by atoms with van der Waals surface area (Å²) in [6, 6.07) is 12.4. The van der Waals surface area contributed by atoms with Gasteiger partial charge in [0.05, 0.1) is 16.6 Å². The Morgan fingerprint density at radius 1 is 1.13 bits per heavy atom. The van der Waals surface area contributed by atoms with Gasteiger partial charge in [0.15, 0.2) is 5.13 Å². The lowest BCUT2D eigenvalue weighted by molar-refractivity contribution is -0.130. The van der Waals surface area contributed by atoms with Crippen LogP contribution in [0.1, 0.15) is 25.0 Å². The zero-order chi connectivity index (χ0) is 21.3. The zero-order valence-electron chi connectivity index (χ0n) is 17.5. The van der Waals surface area contributed by atoms with Crippen LogP contribution in [0, 0.1) is 6.92 Å². The van der Waals surface area contributed by atoms with E-state index in [4.69, 9.17) is 16.6 Å². The highest BCUT2D eigenvalue weighted by Gasteiger charge is 2.23. The minimum atomic E-state index is 0.200. The molecule has 0 spiro atoms. The fourth-order valence-corrected chi connectivity index (χ4v) is 5.68. The predicted octanol–water partition coefficient (Wildman–Crippen LogP) is 5.65. The van der Waals surface area contributed by atoms with Gasteiger partial charge in [-0.1, -0.05) is 48.9 Å². The minimum absolute atomic E-state index is 0.200. The van der Waals surface area contributed by atoms with Crippen molar-refractivity contribution in [2.45, 2.75) is 37.3 Å². The van der Waals surface area contributed by atoms with Crippen molar-refractivity contribution >= 4 is 56.0 Å². The summed E-state index contributed by atoms with van der Waals surface area (Å²) in [5.41, 5.74) is 3.09. The standard InChI is InChI=1S/C23H26ClN3OS2/c1-15(2)29-18-6-4-17(5-7-18)14-21(28)26-10-12-27(13-11-26)23-25-22-16(3)19(24)8-9-20(22)30-23/h4-9,15H,10-14H2,1-3H3. The molecule has 0 unspecified atom stereocenters. The number of hydrogen-bond acceptors (Lipinski definition) is 5. The van der Waals surface area contributed by atoms with Crippen LogP contribution in [0.4, 0.5) is 5.13 Å². The number of amides is 1. The van der Waals surface area contributed by atoms with Gasteiger partial charge in [-0.2, -0.15) is 0 Å². The Bertz CT molecular complexity index is 1040. The number of aryl methyl sites for hydroxylation is 1. The van der Waals surface area contributed by atoms with Gasteiger partial charge in [0.2, 0.25) is 5.91 Å². The molecule has 7 heteroatoms. The van der Waals surface area contributed by atoms with E-state index in [2.05, 4.69) is 43.0 Å². The van der Waals surface area contributed by atoms with Gasteiger partial charge < -0.3 is 9.80 Å². The molecule has 0 radical (unpaired) electrons. The number of fused-ring (bicyclic) bond motifs is 1. The number of carbonyl (C=O) groups excluding carboxylic acids is 1. The van der Waals surface area contributed by atoms with E-state index in [0.29, 0.717) is 11.7 Å². The molecule has 4 nitrogen and oxygen atoms in total. The van der Waals surface area contributed by atoms with Crippen LogP contribution in [0.2, 0.25) is 5.02 Å². The van der Waals surface area contributed by atoms with Crippen LogP contribution in [0.3, 0.4) is 0 Å². The number of piperazine rings is 1. The van der Waals surface area contributed by atoms with Crippen LogP contribution in [0.25, 0.3) is 10.2 Å². The number of hydrogen-bond donors (Lipinski definition) is 0. The third-order valence-electron chi connectivity index (χ3n) is 5.29. The van der Waals surface area contributed by atoms with Crippen LogP contribution in [-0.2, 0) is 11.2 Å². The maximum Gasteiger partial charge on any atom is 0.227 e. The molecule has 1 aliphatic rings. The first-order valence-electron chi connectivity index (χ1n) is 10.2. The summed E-state index contributed by atoms with van der Waals surface area (Å²) in [4.78, 5) is 23.1. The Morgan fingerprint density at radius 2 is 1.83 bits per heavy atom. The van der Waals surface area contributed by atoms with Gasteiger partial charge in [0.25, 0.3) is 0 Å². The van der Waals surface area contributed by atoms with Crippen molar-refractivity contribution in [1.29, 1.82) is 0 Å². The van der Waals surface area contributed by atoms with E-state index in [-0.39, 0.29) is 5.91 Å². The van der Waals surface area contributed by atoms with Crippen molar-refractivity contribution in [2.24, 2.45) is 0 Å². The Balaban J connectivity index is 1.35. The molecule has 2 heterocycles. The first kappa shape index (κ1) is 21.5. The van der Waals surface area contributed by atoms with Crippen molar-refractivity contribution in [3.63, 3.8) is 0 Å². The molecule has 0 N–H and O–H groups in total. The normalized spacial score (nSPS) is 14.7. The van der Waals surface area contributed by atoms with Gasteiger partial charge in [-0.15, -0.1) is 11.8 Å².